The van der Waals surface area contributed by atoms with Crippen molar-refractivity contribution in [2.24, 2.45) is 0 Å². The van der Waals surface area contributed by atoms with Crippen molar-refractivity contribution in [3.05, 3.63) is 65.7 Å². The van der Waals surface area contributed by atoms with Gasteiger partial charge in [0, 0.05) is 13.2 Å². The largest absolute Gasteiger partial charge is 0.489 e. The van der Waals surface area contributed by atoms with Crippen LogP contribution < -0.4 is 10.1 Å². The summed E-state index contributed by atoms with van der Waals surface area (Å²) in [6, 6.07) is 16.5. The number of carbonyl (C=O) groups is 2. The zero-order valence-electron chi connectivity index (χ0n) is 16.5. The Morgan fingerprint density at radius 1 is 1.07 bits per heavy atom. The van der Waals surface area contributed by atoms with E-state index in [0.29, 0.717) is 30.8 Å². The Labute approximate surface area is 173 Å². The highest BCUT2D eigenvalue weighted by molar-refractivity contribution is 6.04. The molecule has 0 radical (unpaired) electrons. The maximum absolute atomic E-state index is 14.0. The molecular weight excluding hydrogens is 396 g/mol. The van der Waals surface area contributed by atoms with Gasteiger partial charge >= 0.3 is 17.8 Å². The summed E-state index contributed by atoms with van der Waals surface area (Å²) in [6.45, 7) is 0.966. The monoisotopic (exact) mass is 419 g/mol. The molecule has 1 fully saturated rings. The topological polar surface area (TPSA) is 73.9 Å². The van der Waals surface area contributed by atoms with Crippen LogP contribution in [0.15, 0.2) is 54.6 Å². The minimum absolute atomic E-state index is 0.288. The average molecular weight is 419 g/mol. The summed E-state index contributed by atoms with van der Waals surface area (Å²) in [5, 5.41) is 2.37. The van der Waals surface area contributed by atoms with Crippen molar-refractivity contribution in [1.82, 2.24) is 5.32 Å². The third-order valence-electron chi connectivity index (χ3n) is 5.08. The molecule has 0 bridgehead atoms. The lowest BCUT2D eigenvalue weighted by Gasteiger charge is -2.39. The number of esters is 1. The van der Waals surface area contributed by atoms with Crippen LogP contribution in [0.2, 0.25) is 0 Å². The van der Waals surface area contributed by atoms with Crippen molar-refractivity contribution in [2.45, 2.75) is 30.9 Å². The van der Waals surface area contributed by atoms with Crippen molar-refractivity contribution in [2.75, 3.05) is 20.3 Å². The Balaban J connectivity index is 1.76. The zero-order valence-corrected chi connectivity index (χ0v) is 16.5. The highest BCUT2D eigenvalue weighted by atomic mass is 19.3. The van der Waals surface area contributed by atoms with E-state index >= 15 is 0 Å². The second-order valence-corrected chi connectivity index (χ2v) is 7.01. The number of hydrogen-bond acceptors (Lipinski definition) is 5. The van der Waals surface area contributed by atoms with Crippen LogP contribution in [-0.2, 0) is 31.2 Å². The van der Waals surface area contributed by atoms with Crippen molar-refractivity contribution in [3.8, 4) is 5.75 Å². The maximum Gasteiger partial charge on any atom is 0.418 e. The first kappa shape index (κ1) is 21.7. The van der Waals surface area contributed by atoms with Crippen LogP contribution in [0.1, 0.15) is 24.0 Å². The number of ether oxygens (including phenoxy) is 3. The van der Waals surface area contributed by atoms with Gasteiger partial charge in [0.1, 0.15) is 12.4 Å². The predicted octanol–water partition coefficient (Wildman–Crippen LogP) is 3.20. The fourth-order valence-corrected chi connectivity index (χ4v) is 3.33. The van der Waals surface area contributed by atoms with Gasteiger partial charge in [-0.2, -0.15) is 8.78 Å². The second-order valence-electron chi connectivity index (χ2n) is 7.01. The molecule has 160 valence electrons. The van der Waals surface area contributed by atoms with Crippen molar-refractivity contribution in [1.29, 1.82) is 0 Å². The number of nitrogens with one attached hydrogen (secondary N) is 1. The van der Waals surface area contributed by atoms with E-state index < -0.39 is 23.3 Å². The molecule has 0 aliphatic carbocycles. The van der Waals surface area contributed by atoms with Gasteiger partial charge < -0.3 is 19.5 Å². The molecular formula is C22H23F2NO5. The Kier molecular flexibility index (Phi) is 6.66. The van der Waals surface area contributed by atoms with Crippen LogP contribution in [-0.4, -0.2) is 38.1 Å². The van der Waals surface area contributed by atoms with Gasteiger partial charge in [0.05, 0.1) is 12.6 Å². The maximum atomic E-state index is 14.0. The lowest BCUT2D eigenvalue weighted by molar-refractivity contribution is -0.176. The molecule has 0 unspecified atom stereocenters. The molecule has 1 N–H and O–H groups in total. The third-order valence-corrected chi connectivity index (χ3v) is 5.08. The summed E-state index contributed by atoms with van der Waals surface area (Å²) in [7, 11) is 0.807. The molecule has 1 amide bonds. The molecule has 1 heterocycles. The average Bonchev–Trinajstić information content (AvgIpc) is 2.78. The number of hydrogen-bond donors (Lipinski definition) is 1. The van der Waals surface area contributed by atoms with Crippen LogP contribution in [0.5, 0.6) is 5.75 Å². The smallest absolute Gasteiger partial charge is 0.418 e. The van der Waals surface area contributed by atoms with Crippen LogP contribution in [0.25, 0.3) is 0 Å². The SMILES string of the molecule is COC(=O)C(F)(F)C(=O)NC1(c2ccc(OCc3ccccc3)cc2)CCOCC1. The van der Waals surface area contributed by atoms with Gasteiger partial charge in [-0.3, -0.25) is 4.79 Å². The van der Waals surface area contributed by atoms with Gasteiger partial charge in [0.25, 0.3) is 0 Å². The van der Waals surface area contributed by atoms with Gasteiger partial charge in [0.15, 0.2) is 0 Å². The molecule has 1 saturated heterocycles. The number of carbonyl (C=O) groups excluding carboxylic acids is 2. The summed E-state index contributed by atoms with van der Waals surface area (Å²) in [4.78, 5) is 23.5. The summed E-state index contributed by atoms with van der Waals surface area (Å²) in [5.74, 6) is -7.26. The van der Waals surface area contributed by atoms with E-state index in [1.165, 1.54) is 0 Å². The van der Waals surface area contributed by atoms with Crippen molar-refractivity contribution < 1.29 is 32.6 Å². The number of halogens is 2. The Hall–Kier alpha value is -3.00. The fourth-order valence-electron chi connectivity index (χ4n) is 3.33. The third kappa shape index (κ3) is 4.76. The fraction of sp³-hybridized carbons (Fsp3) is 0.364. The first-order chi connectivity index (χ1) is 14.4. The molecule has 2 aromatic rings. The highest BCUT2D eigenvalue weighted by Crippen LogP contribution is 2.34. The molecule has 0 spiro atoms. The standard InChI is InChI=1S/C22H23F2NO5/c1-28-20(27)22(23,24)19(26)25-21(11-13-29-14-12-21)17-7-9-18(10-8-17)30-15-16-5-3-2-4-6-16/h2-10H,11-15H2,1H3,(H,25,26). The molecule has 0 aromatic heterocycles. The zero-order chi connectivity index (χ0) is 21.6. The van der Waals surface area contributed by atoms with Crippen molar-refractivity contribution >= 4 is 11.9 Å². The minimum Gasteiger partial charge on any atom is -0.489 e. The summed E-state index contributed by atoms with van der Waals surface area (Å²) < 4.78 is 43.2. The van der Waals surface area contributed by atoms with E-state index in [2.05, 4.69) is 10.1 Å². The Morgan fingerprint density at radius 2 is 1.70 bits per heavy atom. The minimum atomic E-state index is -4.28. The summed E-state index contributed by atoms with van der Waals surface area (Å²) in [5.41, 5.74) is 0.566. The predicted molar refractivity (Wildman–Crippen MR) is 104 cm³/mol. The van der Waals surface area contributed by atoms with Crippen LogP contribution in [0, 0.1) is 0 Å². The van der Waals surface area contributed by atoms with E-state index in [-0.39, 0.29) is 13.2 Å². The van der Waals surface area contributed by atoms with Crippen molar-refractivity contribution in [3.63, 3.8) is 0 Å². The molecule has 3 rings (SSSR count). The number of benzene rings is 2. The van der Waals surface area contributed by atoms with Gasteiger partial charge in [-0.1, -0.05) is 42.5 Å². The Bertz CT molecular complexity index is 865. The van der Waals surface area contributed by atoms with E-state index in [0.717, 1.165) is 12.7 Å². The van der Waals surface area contributed by atoms with E-state index in [1.54, 1.807) is 24.3 Å². The molecule has 1 aliphatic heterocycles. The van der Waals surface area contributed by atoms with Crippen LogP contribution in [0.4, 0.5) is 8.78 Å². The summed E-state index contributed by atoms with van der Waals surface area (Å²) >= 11 is 0. The number of amides is 1. The Morgan fingerprint density at radius 3 is 2.30 bits per heavy atom. The molecule has 30 heavy (non-hydrogen) atoms. The van der Waals surface area contributed by atoms with E-state index in [9.17, 15) is 18.4 Å². The normalized spacial score (nSPS) is 15.8. The van der Waals surface area contributed by atoms with Crippen LogP contribution in [0.3, 0.4) is 0 Å². The quantitative estimate of drug-likeness (QED) is 0.551. The lowest BCUT2D eigenvalue weighted by Crippen LogP contribution is -2.56. The molecule has 0 atom stereocenters. The molecule has 1 aliphatic rings. The van der Waals surface area contributed by atoms with E-state index in [4.69, 9.17) is 9.47 Å². The first-order valence-corrected chi connectivity index (χ1v) is 9.51. The molecule has 2 aromatic carbocycles. The van der Waals surface area contributed by atoms with E-state index in [1.807, 2.05) is 30.3 Å². The van der Waals surface area contributed by atoms with Gasteiger partial charge in [-0.25, -0.2) is 4.79 Å². The second kappa shape index (κ2) is 9.21. The van der Waals surface area contributed by atoms with Gasteiger partial charge in [0.2, 0.25) is 0 Å². The molecule has 0 saturated carbocycles. The number of methoxy groups -OCH3 is 1. The number of alkyl halides is 2. The summed E-state index contributed by atoms with van der Waals surface area (Å²) in [6.07, 6.45) is 0.584. The molecule has 8 heteroatoms. The first-order valence-electron chi connectivity index (χ1n) is 9.51. The van der Waals surface area contributed by atoms with Gasteiger partial charge in [-0.05, 0) is 36.1 Å². The lowest BCUT2D eigenvalue weighted by atomic mass is 9.82. The molecule has 6 nitrogen and oxygen atoms in total. The van der Waals surface area contributed by atoms with Crippen LogP contribution >= 0.6 is 0 Å². The highest BCUT2D eigenvalue weighted by Gasteiger charge is 2.51. The van der Waals surface area contributed by atoms with Gasteiger partial charge in [-0.15, -0.1) is 0 Å². The number of rotatable bonds is 7.